The molecule has 1 aliphatic rings. The van der Waals surface area contributed by atoms with E-state index in [9.17, 15) is 9.59 Å². The summed E-state index contributed by atoms with van der Waals surface area (Å²) in [5.74, 6) is -0.0336. The lowest BCUT2D eigenvalue weighted by atomic mass is 9.93. The third-order valence-corrected chi connectivity index (χ3v) is 3.67. The summed E-state index contributed by atoms with van der Waals surface area (Å²) >= 11 is 0. The van der Waals surface area contributed by atoms with Crippen molar-refractivity contribution in [2.45, 2.75) is 31.7 Å². The van der Waals surface area contributed by atoms with Crippen molar-refractivity contribution >= 4 is 35.7 Å². The smallest absolute Gasteiger partial charge is 0.316 e. The molecule has 1 aromatic rings. The van der Waals surface area contributed by atoms with Crippen LogP contribution in [0.3, 0.4) is 0 Å². The summed E-state index contributed by atoms with van der Waals surface area (Å²) in [4.78, 5) is 23.2. The molecular weight excluding hydrogens is 292 g/mol. The number of nitrogens with one attached hydrogen (secondary N) is 3. The fraction of sp³-hybridized carbons (Fsp3) is 0.429. The van der Waals surface area contributed by atoms with Crippen molar-refractivity contribution in [3.63, 3.8) is 0 Å². The Kier molecular flexibility index (Phi) is 5.99. The van der Waals surface area contributed by atoms with E-state index in [1.54, 1.807) is 24.3 Å². The molecule has 0 spiro atoms. The number of primary amides is 1. The Morgan fingerprint density at radius 2 is 2.00 bits per heavy atom. The number of amides is 3. The number of urea groups is 1. The van der Waals surface area contributed by atoms with Gasteiger partial charge in [0.1, 0.15) is 0 Å². The van der Waals surface area contributed by atoms with Crippen molar-refractivity contribution in [2.24, 2.45) is 5.73 Å². The van der Waals surface area contributed by atoms with E-state index in [4.69, 9.17) is 5.73 Å². The van der Waals surface area contributed by atoms with Crippen LogP contribution in [0.25, 0.3) is 0 Å². The van der Waals surface area contributed by atoms with Gasteiger partial charge in [0.25, 0.3) is 0 Å². The summed E-state index contributed by atoms with van der Waals surface area (Å²) in [6.45, 7) is 2.87. The Labute approximate surface area is 130 Å². The van der Waals surface area contributed by atoms with E-state index in [2.05, 4.69) is 16.0 Å². The summed E-state index contributed by atoms with van der Waals surface area (Å²) in [5.41, 5.74) is 5.79. The Hall–Kier alpha value is -1.79. The van der Waals surface area contributed by atoms with E-state index in [-0.39, 0.29) is 18.3 Å². The van der Waals surface area contributed by atoms with Crippen LogP contribution >= 0.6 is 12.4 Å². The molecule has 21 heavy (non-hydrogen) atoms. The normalized spacial score (nSPS) is 20.4. The average molecular weight is 313 g/mol. The van der Waals surface area contributed by atoms with Crippen molar-refractivity contribution in [1.29, 1.82) is 0 Å². The van der Waals surface area contributed by atoms with Gasteiger partial charge < -0.3 is 21.7 Å². The Bertz CT molecular complexity index is 515. The Morgan fingerprint density at radius 1 is 1.33 bits per heavy atom. The van der Waals surface area contributed by atoms with Gasteiger partial charge in [-0.1, -0.05) is 13.0 Å². The van der Waals surface area contributed by atoms with Crippen LogP contribution in [0.1, 0.15) is 26.2 Å². The fourth-order valence-corrected chi connectivity index (χ4v) is 2.53. The summed E-state index contributed by atoms with van der Waals surface area (Å²) in [6, 6.07) is 6.30. The van der Waals surface area contributed by atoms with E-state index in [0.717, 1.165) is 25.8 Å². The maximum absolute atomic E-state index is 12.4. The number of carbonyl (C=O) groups is 2. The molecule has 3 amide bonds. The molecule has 1 heterocycles. The first kappa shape index (κ1) is 17.3. The molecule has 116 valence electrons. The van der Waals surface area contributed by atoms with Gasteiger partial charge >= 0.3 is 6.03 Å². The average Bonchev–Trinajstić information content (AvgIpc) is 2.88. The maximum Gasteiger partial charge on any atom is 0.316 e. The molecule has 1 fully saturated rings. The Morgan fingerprint density at radius 3 is 2.52 bits per heavy atom. The molecule has 1 aromatic carbocycles. The minimum atomic E-state index is -0.629. The first-order valence-corrected chi connectivity index (χ1v) is 6.79. The van der Waals surface area contributed by atoms with Gasteiger partial charge in [-0.2, -0.15) is 0 Å². The SMILES string of the molecule is CCC1(C(=O)Nc2cccc(NC(N)=O)c2)CCCN1.Cl. The van der Waals surface area contributed by atoms with Gasteiger partial charge in [-0.05, 0) is 44.0 Å². The highest BCUT2D eigenvalue weighted by atomic mass is 35.5. The molecule has 1 unspecified atom stereocenters. The van der Waals surface area contributed by atoms with Crippen molar-refractivity contribution in [2.75, 3.05) is 17.2 Å². The number of carbonyl (C=O) groups excluding carboxylic acids is 2. The summed E-state index contributed by atoms with van der Waals surface area (Å²) < 4.78 is 0. The van der Waals surface area contributed by atoms with Crippen LogP contribution in [0.15, 0.2) is 24.3 Å². The van der Waals surface area contributed by atoms with Gasteiger partial charge in [0, 0.05) is 11.4 Å². The minimum absolute atomic E-state index is 0. The van der Waals surface area contributed by atoms with E-state index in [1.807, 2.05) is 6.92 Å². The minimum Gasteiger partial charge on any atom is -0.351 e. The monoisotopic (exact) mass is 312 g/mol. The molecule has 6 nitrogen and oxygen atoms in total. The molecule has 7 heteroatoms. The molecule has 0 aliphatic carbocycles. The number of rotatable bonds is 4. The third kappa shape index (κ3) is 4.09. The molecule has 5 N–H and O–H groups in total. The molecule has 1 saturated heterocycles. The zero-order valence-corrected chi connectivity index (χ0v) is 12.8. The summed E-state index contributed by atoms with van der Waals surface area (Å²) in [5, 5.41) is 8.66. The topological polar surface area (TPSA) is 96.2 Å². The van der Waals surface area contributed by atoms with Crippen LogP contribution in [-0.4, -0.2) is 24.0 Å². The number of nitrogens with two attached hydrogens (primary N) is 1. The molecule has 0 saturated carbocycles. The van der Waals surface area contributed by atoms with Gasteiger partial charge in [0.05, 0.1) is 5.54 Å². The second kappa shape index (κ2) is 7.28. The lowest BCUT2D eigenvalue weighted by Crippen LogP contribution is -2.50. The zero-order chi connectivity index (χ0) is 14.6. The van der Waals surface area contributed by atoms with Gasteiger partial charge in [0.15, 0.2) is 0 Å². The van der Waals surface area contributed by atoms with E-state index < -0.39 is 11.6 Å². The predicted octanol–water partition coefficient (Wildman–Crippen LogP) is 2.07. The van der Waals surface area contributed by atoms with Gasteiger partial charge in [-0.15, -0.1) is 12.4 Å². The van der Waals surface area contributed by atoms with Crippen molar-refractivity contribution in [3.8, 4) is 0 Å². The van der Waals surface area contributed by atoms with Crippen LogP contribution in [0.5, 0.6) is 0 Å². The largest absolute Gasteiger partial charge is 0.351 e. The van der Waals surface area contributed by atoms with Gasteiger partial charge in [0.2, 0.25) is 5.91 Å². The van der Waals surface area contributed by atoms with Crippen molar-refractivity contribution in [1.82, 2.24) is 5.32 Å². The highest BCUT2D eigenvalue weighted by molar-refractivity contribution is 5.99. The molecule has 1 aliphatic heterocycles. The second-order valence-electron chi connectivity index (χ2n) is 4.99. The van der Waals surface area contributed by atoms with Crippen molar-refractivity contribution in [3.05, 3.63) is 24.3 Å². The number of benzene rings is 1. The number of hydrogen-bond donors (Lipinski definition) is 4. The maximum atomic E-state index is 12.4. The van der Waals surface area contributed by atoms with Gasteiger partial charge in [-0.3, -0.25) is 4.79 Å². The number of anilines is 2. The zero-order valence-electron chi connectivity index (χ0n) is 11.9. The first-order valence-electron chi connectivity index (χ1n) is 6.79. The predicted molar refractivity (Wildman–Crippen MR) is 85.8 cm³/mol. The quantitative estimate of drug-likeness (QED) is 0.685. The lowest BCUT2D eigenvalue weighted by molar-refractivity contribution is -0.122. The fourth-order valence-electron chi connectivity index (χ4n) is 2.53. The van der Waals surface area contributed by atoms with Gasteiger partial charge in [-0.25, -0.2) is 4.79 Å². The van der Waals surface area contributed by atoms with E-state index in [0.29, 0.717) is 11.4 Å². The van der Waals surface area contributed by atoms with E-state index >= 15 is 0 Å². The summed E-state index contributed by atoms with van der Waals surface area (Å²) in [6.07, 6.45) is 2.59. The highest BCUT2D eigenvalue weighted by Gasteiger charge is 2.38. The van der Waals surface area contributed by atoms with Crippen LogP contribution in [-0.2, 0) is 4.79 Å². The van der Waals surface area contributed by atoms with E-state index in [1.165, 1.54) is 0 Å². The highest BCUT2D eigenvalue weighted by Crippen LogP contribution is 2.25. The van der Waals surface area contributed by atoms with Crippen molar-refractivity contribution < 1.29 is 9.59 Å². The lowest BCUT2D eigenvalue weighted by Gasteiger charge is -2.26. The van der Waals surface area contributed by atoms with Crippen LogP contribution in [0, 0.1) is 0 Å². The van der Waals surface area contributed by atoms with Crippen LogP contribution in [0.4, 0.5) is 16.2 Å². The molecular formula is C14H21ClN4O2. The molecule has 0 aromatic heterocycles. The third-order valence-electron chi connectivity index (χ3n) is 3.67. The molecule has 0 bridgehead atoms. The molecule has 0 radical (unpaired) electrons. The second-order valence-corrected chi connectivity index (χ2v) is 4.99. The Balaban J connectivity index is 0.00000220. The molecule has 2 rings (SSSR count). The van der Waals surface area contributed by atoms with Crippen LogP contribution < -0.4 is 21.7 Å². The summed E-state index contributed by atoms with van der Waals surface area (Å²) in [7, 11) is 0. The number of halogens is 1. The number of hydrogen-bond acceptors (Lipinski definition) is 3. The first-order chi connectivity index (χ1) is 9.55. The van der Waals surface area contributed by atoms with Crippen LogP contribution in [0.2, 0.25) is 0 Å². The standard InChI is InChI=1S/C14H20N4O2.ClH/c1-2-14(7-4-8-16-14)12(19)17-10-5-3-6-11(9-10)18-13(15)20;/h3,5-6,9,16H,2,4,7-8H2,1H3,(H,17,19)(H3,15,18,20);1H. The molecule has 1 atom stereocenters.